The second-order valence-corrected chi connectivity index (χ2v) is 8.56. The van der Waals surface area contributed by atoms with Crippen LogP contribution in [0.25, 0.3) is 5.69 Å². The topological polar surface area (TPSA) is 94.8 Å². The summed E-state index contributed by atoms with van der Waals surface area (Å²) < 4.78 is 6.88. The quantitative estimate of drug-likeness (QED) is 0.297. The molecule has 8 nitrogen and oxygen atoms in total. The first-order valence-electron chi connectivity index (χ1n) is 10.0. The molecule has 4 rings (SSSR count). The fourth-order valence-corrected chi connectivity index (χ4v) is 4.32. The van der Waals surface area contributed by atoms with E-state index in [9.17, 15) is 4.79 Å². The van der Waals surface area contributed by atoms with Crippen LogP contribution >= 0.6 is 23.4 Å². The number of anilines is 1. The van der Waals surface area contributed by atoms with Crippen LogP contribution in [0.15, 0.2) is 59.8 Å². The third-order valence-corrected chi connectivity index (χ3v) is 5.77. The molecule has 0 aliphatic carbocycles. The number of halogens is 1. The molecule has 168 valence electrons. The molecule has 0 saturated heterocycles. The van der Waals surface area contributed by atoms with Gasteiger partial charge in [-0.1, -0.05) is 34.6 Å². The molecule has 4 aromatic rings. The van der Waals surface area contributed by atoms with Crippen LogP contribution in [0.2, 0.25) is 5.02 Å². The molecule has 0 spiro atoms. The molecule has 0 fully saturated rings. The number of nitrogens with zero attached hydrogens (tertiary/aromatic N) is 5. The van der Waals surface area contributed by atoms with E-state index in [0.717, 1.165) is 22.8 Å². The molecule has 0 bridgehead atoms. The van der Waals surface area contributed by atoms with Crippen molar-refractivity contribution in [3.05, 3.63) is 82.4 Å². The number of nitrogens with one attached hydrogen (secondary N) is 1. The maximum atomic E-state index is 13.1. The van der Waals surface area contributed by atoms with Crippen molar-refractivity contribution in [2.24, 2.45) is 0 Å². The number of amides is 1. The van der Waals surface area contributed by atoms with Crippen molar-refractivity contribution in [2.45, 2.75) is 24.8 Å². The molecule has 2 aromatic carbocycles. The van der Waals surface area contributed by atoms with E-state index >= 15 is 0 Å². The molecule has 2 aromatic heterocycles. The number of rotatable bonds is 7. The van der Waals surface area contributed by atoms with Crippen molar-refractivity contribution >= 4 is 35.0 Å². The standard InChI is InChI=1S/C23H21ClN6O2S/c1-14-11-15(2)26-23(25-14)33-13-20-21(22(31)27-17-6-4-5-16(24)12-17)28-29-30(20)18-7-9-19(32-3)10-8-18/h4-12H,13H2,1-3H3,(H,27,31). The zero-order valence-corrected chi connectivity index (χ0v) is 19.8. The summed E-state index contributed by atoms with van der Waals surface area (Å²) >= 11 is 7.46. The molecule has 1 amide bonds. The van der Waals surface area contributed by atoms with Crippen molar-refractivity contribution in [2.75, 3.05) is 12.4 Å². The Bertz CT molecular complexity index is 1270. The number of aryl methyl sites for hydroxylation is 2. The van der Waals surface area contributed by atoms with E-state index in [1.165, 1.54) is 11.8 Å². The van der Waals surface area contributed by atoms with Gasteiger partial charge in [0.05, 0.1) is 18.5 Å². The van der Waals surface area contributed by atoms with E-state index in [0.29, 0.717) is 27.3 Å². The van der Waals surface area contributed by atoms with Gasteiger partial charge in [0, 0.05) is 27.9 Å². The van der Waals surface area contributed by atoms with E-state index in [1.807, 2.05) is 44.2 Å². The van der Waals surface area contributed by atoms with Gasteiger partial charge in [0.25, 0.3) is 5.91 Å². The Labute approximate surface area is 200 Å². The van der Waals surface area contributed by atoms with Gasteiger partial charge >= 0.3 is 0 Å². The summed E-state index contributed by atoms with van der Waals surface area (Å²) in [5.41, 5.74) is 3.91. The zero-order valence-electron chi connectivity index (χ0n) is 18.2. The van der Waals surface area contributed by atoms with Crippen LogP contribution in [0, 0.1) is 13.8 Å². The van der Waals surface area contributed by atoms with Crippen LogP contribution in [-0.2, 0) is 5.75 Å². The Morgan fingerprint density at radius 2 is 1.82 bits per heavy atom. The van der Waals surface area contributed by atoms with Gasteiger partial charge in [-0.05, 0) is 62.4 Å². The van der Waals surface area contributed by atoms with Crippen LogP contribution in [0.3, 0.4) is 0 Å². The summed E-state index contributed by atoms with van der Waals surface area (Å²) in [5.74, 6) is 0.728. The number of methoxy groups -OCH3 is 1. The van der Waals surface area contributed by atoms with Crippen LogP contribution in [0.1, 0.15) is 27.6 Å². The third-order valence-electron chi connectivity index (χ3n) is 4.68. The lowest BCUT2D eigenvalue weighted by Gasteiger charge is -2.10. The van der Waals surface area contributed by atoms with Crippen molar-refractivity contribution in [1.29, 1.82) is 0 Å². The Hall–Kier alpha value is -3.43. The van der Waals surface area contributed by atoms with E-state index in [4.69, 9.17) is 16.3 Å². The Balaban J connectivity index is 1.67. The van der Waals surface area contributed by atoms with Crippen molar-refractivity contribution in [1.82, 2.24) is 25.0 Å². The highest BCUT2D eigenvalue weighted by atomic mass is 35.5. The van der Waals surface area contributed by atoms with Gasteiger partial charge in [-0.3, -0.25) is 4.79 Å². The number of aromatic nitrogens is 5. The molecular formula is C23H21ClN6O2S. The van der Waals surface area contributed by atoms with Crippen LogP contribution in [0.5, 0.6) is 5.75 Å². The SMILES string of the molecule is COc1ccc(-n2nnc(C(=O)Nc3cccc(Cl)c3)c2CSc2nc(C)cc(C)n2)cc1. The highest BCUT2D eigenvalue weighted by Crippen LogP contribution is 2.25. The Morgan fingerprint density at radius 1 is 1.09 bits per heavy atom. The molecule has 0 radical (unpaired) electrons. The molecule has 0 saturated carbocycles. The number of hydrogen-bond donors (Lipinski definition) is 1. The molecule has 0 unspecified atom stereocenters. The van der Waals surface area contributed by atoms with E-state index in [-0.39, 0.29) is 11.6 Å². The smallest absolute Gasteiger partial charge is 0.278 e. The van der Waals surface area contributed by atoms with Gasteiger partial charge < -0.3 is 10.1 Å². The summed E-state index contributed by atoms with van der Waals surface area (Å²) in [7, 11) is 1.61. The number of hydrogen-bond acceptors (Lipinski definition) is 7. The van der Waals surface area contributed by atoms with E-state index in [1.54, 1.807) is 36.1 Å². The first-order valence-corrected chi connectivity index (χ1v) is 11.4. The van der Waals surface area contributed by atoms with Gasteiger partial charge in [0.15, 0.2) is 10.9 Å². The summed E-state index contributed by atoms with van der Waals surface area (Å²) in [6.07, 6.45) is 0. The van der Waals surface area contributed by atoms with Gasteiger partial charge in [0.1, 0.15) is 5.75 Å². The van der Waals surface area contributed by atoms with Crippen molar-refractivity contribution in [3.8, 4) is 11.4 Å². The third kappa shape index (κ3) is 5.50. The van der Waals surface area contributed by atoms with Gasteiger partial charge in [-0.2, -0.15) is 0 Å². The average Bonchev–Trinajstić information content (AvgIpc) is 3.21. The largest absolute Gasteiger partial charge is 0.497 e. The Kier molecular flexibility index (Phi) is 6.90. The molecule has 2 heterocycles. The molecule has 0 aliphatic rings. The number of carbonyl (C=O) groups excluding carboxylic acids is 1. The summed E-state index contributed by atoms with van der Waals surface area (Å²) in [5, 5.41) is 12.4. The average molecular weight is 481 g/mol. The van der Waals surface area contributed by atoms with E-state index in [2.05, 4.69) is 25.6 Å². The lowest BCUT2D eigenvalue weighted by Crippen LogP contribution is -2.15. The predicted octanol–water partition coefficient (Wildman–Crippen LogP) is 4.88. The minimum Gasteiger partial charge on any atom is -0.497 e. The van der Waals surface area contributed by atoms with Crippen LogP contribution in [0.4, 0.5) is 5.69 Å². The van der Waals surface area contributed by atoms with Gasteiger partial charge in [-0.15, -0.1) is 5.10 Å². The Morgan fingerprint density at radius 3 is 2.48 bits per heavy atom. The second-order valence-electron chi connectivity index (χ2n) is 7.18. The van der Waals surface area contributed by atoms with Crippen molar-refractivity contribution in [3.63, 3.8) is 0 Å². The zero-order chi connectivity index (χ0) is 23.4. The van der Waals surface area contributed by atoms with Crippen LogP contribution < -0.4 is 10.1 Å². The second kappa shape index (κ2) is 10.0. The highest BCUT2D eigenvalue weighted by Gasteiger charge is 2.22. The summed E-state index contributed by atoms with van der Waals surface area (Å²) in [6.45, 7) is 3.84. The fraction of sp³-hybridized carbons (Fsp3) is 0.174. The number of benzene rings is 2. The molecular weight excluding hydrogens is 460 g/mol. The molecule has 1 N–H and O–H groups in total. The first kappa shape index (κ1) is 22.8. The monoisotopic (exact) mass is 480 g/mol. The maximum absolute atomic E-state index is 13.1. The fourth-order valence-electron chi connectivity index (χ4n) is 3.19. The van der Waals surface area contributed by atoms with Crippen LogP contribution in [-0.4, -0.2) is 38.0 Å². The van der Waals surface area contributed by atoms with E-state index < -0.39 is 0 Å². The molecule has 10 heteroatoms. The van der Waals surface area contributed by atoms with Gasteiger partial charge in [-0.25, -0.2) is 14.6 Å². The minimum absolute atomic E-state index is 0.211. The predicted molar refractivity (Wildman–Crippen MR) is 128 cm³/mol. The molecule has 0 aliphatic heterocycles. The molecule has 33 heavy (non-hydrogen) atoms. The summed E-state index contributed by atoms with van der Waals surface area (Å²) in [4.78, 5) is 22.0. The summed E-state index contributed by atoms with van der Waals surface area (Å²) in [6, 6.07) is 16.2. The number of carbonyl (C=O) groups is 1. The lowest BCUT2D eigenvalue weighted by molar-refractivity contribution is 0.102. The number of thioether (sulfide) groups is 1. The minimum atomic E-state index is -0.381. The maximum Gasteiger partial charge on any atom is 0.278 e. The van der Waals surface area contributed by atoms with Gasteiger partial charge in [0.2, 0.25) is 0 Å². The highest BCUT2D eigenvalue weighted by molar-refractivity contribution is 7.98. The first-order chi connectivity index (χ1) is 15.9. The normalized spacial score (nSPS) is 10.8. The van der Waals surface area contributed by atoms with Crippen molar-refractivity contribution < 1.29 is 9.53 Å². The lowest BCUT2D eigenvalue weighted by atomic mass is 10.2. The number of ether oxygens (including phenoxy) is 1. The molecule has 0 atom stereocenters.